The third-order valence-corrected chi connectivity index (χ3v) is 5.18. The van der Waals surface area contributed by atoms with Gasteiger partial charge in [-0.2, -0.15) is 0 Å². The van der Waals surface area contributed by atoms with Crippen LogP contribution in [0.3, 0.4) is 0 Å². The lowest BCUT2D eigenvalue weighted by Crippen LogP contribution is -2.23. The van der Waals surface area contributed by atoms with Gasteiger partial charge in [0.25, 0.3) is 5.91 Å². The van der Waals surface area contributed by atoms with E-state index in [1.165, 1.54) is 27.9 Å². The number of benzene rings is 1. The lowest BCUT2D eigenvalue weighted by atomic mass is 10.1. The van der Waals surface area contributed by atoms with E-state index in [1.54, 1.807) is 7.05 Å². The minimum absolute atomic E-state index is 0.0323. The van der Waals surface area contributed by atoms with E-state index in [4.69, 9.17) is 12.2 Å². The molecule has 2 aliphatic rings. The number of likely N-dealkylation sites (N-methyl/N-ethyl adjacent to an activating group) is 2. The molecule has 2 aliphatic heterocycles. The molecular formula is C17H16N2OS2. The van der Waals surface area contributed by atoms with Crippen LogP contribution in [0.15, 0.2) is 53.1 Å². The van der Waals surface area contributed by atoms with Crippen molar-refractivity contribution in [2.45, 2.75) is 6.92 Å². The number of para-hydroxylation sites is 1. The maximum atomic E-state index is 12.0. The van der Waals surface area contributed by atoms with Gasteiger partial charge in [-0.25, -0.2) is 0 Å². The monoisotopic (exact) mass is 328 g/mol. The first-order valence-corrected chi connectivity index (χ1v) is 8.30. The minimum Gasteiger partial charge on any atom is -0.341 e. The maximum absolute atomic E-state index is 12.0. The molecule has 0 aliphatic carbocycles. The summed E-state index contributed by atoms with van der Waals surface area (Å²) in [5.41, 5.74) is 3.47. The molecule has 22 heavy (non-hydrogen) atoms. The molecule has 1 aromatic carbocycles. The topological polar surface area (TPSA) is 23.6 Å². The zero-order valence-electron chi connectivity index (χ0n) is 12.4. The summed E-state index contributed by atoms with van der Waals surface area (Å²) in [6.07, 6.45) is 8.03. The number of allylic oxidation sites excluding steroid dienone is 3. The van der Waals surface area contributed by atoms with Gasteiger partial charge in [-0.15, -0.1) is 0 Å². The lowest BCUT2D eigenvalue weighted by molar-refractivity contribution is -0.121. The van der Waals surface area contributed by atoms with Crippen molar-refractivity contribution in [1.82, 2.24) is 4.90 Å². The van der Waals surface area contributed by atoms with Gasteiger partial charge >= 0.3 is 0 Å². The van der Waals surface area contributed by atoms with Crippen molar-refractivity contribution in [3.8, 4) is 0 Å². The Bertz CT molecular complexity index is 734. The molecule has 1 aromatic rings. The Morgan fingerprint density at radius 3 is 2.68 bits per heavy atom. The number of carbonyl (C=O) groups excluding carboxylic acids is 1. The number of anilines is 1. The molecule has 0 unspecified atom stereocenters. The van der Waals surface area contributed by atoms with E-state index in [1.807, 2.05) is 24.3 Å². The van der Waals surface area contributed by atoms with E-state index in [-0.39, 0.29) is 5.91 Å². The van der Waals surface area contributed by atoms with Crippen LogP contribution in [-0.4, -0.2) is 28.7 Å². The van der Waals surface area contributed by atoms with E-state index in [0.717, 1.165) is 12.2 Å². The summed E-state index contributed by atoms with van der Waals surface area (Å²) in [4.78, 5) is 16.4. The van der Waals surface area contributed by atoms with Gasteiger partial charge in [0.15, 0.2) is 0 Å². The van der Waals surface area contributed by atoms with Gasteiger partial charge in [-0.05, 0) is 36.8 Å². The van der Waals surface area contributed by atoms with Crippen molar-refractivity contribution >= 4 is 46.0 Å². The van der Waals surface area contributed by atoms with Gasteiger partial charge in [0, 0.05) is 25.0 Å². The fraction of sp³-hybridized carbons (Fsp3) is 0.176. The van der Waals surface area contributed by atoms with Crippen LogP contribution in [0, 0.1) is 0 Å². The lowest BCUT2D eigenvalue weighted by Gasteiger charge is -2.29. The molecule has 1 saturated heterocycles. The molecule has 0 spiro atoms. The highest BCUT2D eigenvalue weighted by Gasteiger charge is 2.28. The fourth-order valence-corrected chi connectivity index (χ4v) is 3.62. The molecule has 0 atom stereocenters. The first-order valence-electron chi connectivity index (χ1n) is 7.08. The van der Waals surface area contributed by atoms with E-state index in [2.05, 4.69) is 36.1 Å². The molecule has 1 amide bonds. The number of thioether (sulfide) groups is 1. The normalized spacial score (nSPS) is 21.2. The summed E-state index contributed by atoms with van der Waals surface area (Å²) in [5.74, 6) is -0.0323. The molecule has 5 heteroatoms. The van der Waals surface area contributed by atoms with E-state index >= 15 is 0 Å². The number of hydrogen-bond acceptors (Lipinski definition) is 4. The Labute approximate surface area is 140 Å². The fourth-order valence-electron chi connectivity index (χ4n) is 2.50. The highest BCUT2D eigenvalue weighted by atomic mass is 32.2. The van der Waals surface area contributed by atoms with Gasteiger partial charge < -0.3 is 4.90 Å². The third-order valence-electron chi connectivity index (χ3n) is 3.68. The van der Waals surface area contributed by atoms with Gasteiger partial charge in [-0.1, -0.05) is 48.3 Å². The van der Waals surface area contributed by atoms with Crippen LogP contribution in [0.2, 0.25) is 0 Å². The molecule has 0 aromatic heterocycles. The Morgan fingerprint density at radius 1 is 1.23 bits per heavy atom. The van der Waals surface area contributed by atoms with Gasteiger partial charge in [-0.3, -0.25) is 9.69 Å². The van der Waals surface area contributed by atoms with Crippen molar-refractivity contribution < 1.29 is 4.79 Å². The SMILES string of the molecule is CCN1C(=CC=C2SC(=S)N(C)C2=O)C=Cc2ccccc21. The molecule has 0 N–H and O–H groups in total. The molecule has 112 valence electrons. The second-order valence-electron chi connectivity index (χ2n) is 4.99. The number of carbonyl (C=O) groups is 1. The number of thiocarbonyl (C=S) groups is 1. The molecule has 3 rings (SSSR count). The molecule has 0 radical (unpaired) electrons. The minimum atomic E-state index is -0.0323. The summed E-state index contributed by atoms with van der Waals surface area (Å²) >= 11 is 6.49. The third kappa shape index (κ3) is 2.62. The quantitative estimate of drug-likeness (QED) is 0.609. The average molecular weight is 328 g/mol. The zero-order chi connectivity index (χ0) is 15.7. The predicted octanol–water partition coefficient (Wildman–Crippen LogP) is 3.80. The van der Waals surface area contributed by atoms with Crippen molar-refractivity contribution in [2.75, 3.05) is 18.5 Å². The number of nitrogens with zero attached hydrogens (tertiary/aromatic N) is 2. The number of amides is 1. The van der Waals surface area contributed by atoms with Crippen molar-refractivity contribution in [3.05, 3.63) is 58.7 Å². The number of fused-ring (bicyclic) bond motifs is 1. The second-order valence-corrected chi connectivity index (χ2v) is 6.67. The molecular weight excluding hydrogens is 312 g/mol. The van der Waals surface area contributed by atoms with Crippen LogP contribution in [0.25, 0.3) is 6.08 Å². The van der Waals surface area contributed by atoms with E-state index < -0.39 is 0 Å². The van der Waals surface area contributed by atoms with Crippen LogP contribution in [0.4, 0.5) is 5.69 Å². The smallest absolute Gasteiger partial charge is 0.265 e. The van der Waals surface area contributed by atoms with Crippen LogP contribution < -0.4 is 4.90 Å². The van der Waals surface area contributed by atoms with Crippen molar-refractivity contribution in [3.63, 3.8) is 0 Å². The summed E-state index contributed by atoms with van der Waals surface area (Å²) in [5, 5.41) is 0. The highest BCUT2D eigenvalue weighted by Crippen LogP contribution is 2.32. The Morgan fingerprint density at radius 2 is 2.00 bits per heavy atom. The van der Waals surface area contributed by atoms with Crippen LogP contribution in [-0.2, 0) is 4.79 Å². The van der Waals surface area contributed by atoms with Crippen molar-refractivity contribution in [2.24, 2.45) is 0 Å². The summed E-state index contributed by atoms with van der Waals surface area (Å²) in [6, 6.07) is 8.30. The van der Waals surface area contributed by atoms with Crippen molar-refractivity contribution in [1.29, 1.82) is 0 Å². The largest absolute Gasteiger partial charge is 0.341 e. The van der Waals surface area contributed by atoms with Crippen LogP contribution in [0.5, 0.6) is 0 Å². The number of hydrogen-bond donors (Lipinski definition) is 0. The molecule has 2 heterocycles. The first kappa shape index (κ1) is 15.1. The molecule has 0 bridgehead atoms. The van der Waals surface area contributed by atoms with Gasteiger partial charge in [0.05, 0.1) is 4.91 Å². The van der Waals surface area contributed by atoms with Gasteiger partial charge in [0.1, 0.15) is 4.32 Å². The molecule has 1 fully saturated rings. The van der Waals surface area contributed by atoms with E-state index in [9.17, 15) is 4.79 Å². The van der Waals surface area contributed by atoms with Crippen LogP contribution in [0.1, 0.15) is 12.5 Å². The van der Waals surface area contributed by atoms with Gasteiger partial charge in [0.2, 0.25) is 0 Å². The molecule has 0 saturated carbocycles. The first-order chi connectivity index (χ1) is 10.6. The molecule has 3 nitrogen and oxygen atoms in total. The summed E-state index contributed by atoms with van der Waals surface area (Å²) in [6.45, 7) is 2.99. The Balaban J connectivity index is 1.93. The number of rotatable bonds is 2. The predicted molar refractivity (Wildman–Crippen MR) is 97.6 cm³/mol. The standard InChI is InChI=1S/C17H16N2OS2/c1-3-19-13(9-8-12-6-4-5-7-14(12)19)10-11-15-16(20)18(2)17(21)22-15/h4-11H,3H2,1-2H3. The van der Waals surface area contributed by atoms with E-state index in [0.29, 0.717) is 9.23 Å². The summed E-state index contributed by atoms with van der Waals surface area (Å²) < 4.78 is 0.603. The Hall–Kier alpha value is -1.85. The Kier molecular flexibility index (Phi) is 4.18. The average Bonchev–Trinajstić information content (AvgIpc) is 2.79. The summed E-state index contributed by atoms with van der Waals surface area (Å²) in [7, 11) is 1.71. The second kappa shape index (κ2) is 6.10. The maximum Gasteiger partial charge on any atom is 0.265 e. The van der Waals surface area contributed by atoms with Crippen LogP contribution >= 0.6 is 24.0 Å². The highest BCUT2D eigenvalue weighted by molar-refractivity contribution is 8.26. The zero-order valence-corrected chi connectivity index (χ0v) is 14.1.